The van der Waals surface area contributed by atoms with E-state index >= 15 is 0 Å². The van der Waals surface area contributed by atoms with Crippen LogP contribution in [0.15, 0.2) is 12.7 Å². The Bertz CT molecular complexity index is 350. The fourth-order valence-electron chi connectivity index (χ4n) is 1.21. The lowest BCUT2D eigenvalue weighted by atomic mass is 10.3. The molecule has 0 radical (unpaired) electrons. The maximum atomic E-state index is 6.02. The van der Waals surface area contributed by atoms with E-state index in [2.05, 4.69) is 28.8 Å². The standard InChI is InChI=1S/C11H16ClN3/c1-4-6-9-14-10(12)8(3)11(15-9)13-7-5-2/h5H,2,4,6-7H2,1,3H3,(H,13,14,15). The predicted molar refractivity (Wildman–Crippen MR) is 64.5 cm³/mol. The Morgan fingerprint density at radius 3 is 2.80 bits per heavy atom. The van der Waals surface area contributed by atoms with E-state index in [-0.39, 0.29) is 0 Å². The molecule has 0 saturated carbocycles. The van der Waals surface area contributed by atoms with Crippen LogP contribution >= 0.6 is 11.6 Å². The molecule has 1 aromatic rings. The van der Waals surface area contributed by atoms with Crippen molar-refractivity contribution in [2.24, 2.45) is 0 Å². The molecular weight excluding hydrogens is 210 g/mol. The molecule has 15 heavy (non-hydrogen) atoms. The van der Waals surface area contributed by atoms with Gasteiger partial charge >= 0.3 is 0 Å². The van der Waals surface area contributed by atoms with Gasteiger partial charge in [-0.05, 0) is 13.3 Å². The summed E-state index contributed by atoms with van der Waals surface area (Å²) < 4.78 is 0. The molecule has 0 atom stereocenters. The van der Waals surface area contributed by atoms with Gasteiger partial charge < -0.3 is 5.32 Å². The van der Waals surface area contributed by atoms with Crippen molar-refractivity contribution in [2.45, 2.75) is 26.7 Å². The highest BCUT2D eigenvalue weighted by Gasteiger charge is 2.07. The lowest BCUT2D eigenvalue weighted by Crippen LogP contribution is -2.07. The average Bonchev–Trinajstić information content (AvgIpc) is 2.21. The van der Waals surface area contributed by atoms with E-state index in [0.717, 1.165) is 30.0 Å². The first-order valence-corrected chi connectivity index (χ1v) is 5.44. The van der Waals surface area contributed by atoms with Gasteiger partial charge in [-0.25, -0.2) is 9.97 Å². The first-order chi connectivity index (χ1) is 7.19. The lowest BCUT2D eigenvalue weighted by molar-refractivity contribution is 0.831. The lowest BCUT2D eigenvalue weighted by Gasteiger charge is -2.09. The second kappa shape index (κ2) is 5.71. The van der Waals surface area contributed by atoms with Gasteiger partial charge in [0.05, 0.1) is 0 Å². The maximum Gasteiger partial charge on any atom is 0.137 e. The second-order valence-corrected chi connectivity index (χ2v) is 3.68. The Morgan fingerprint density at radius 1 is 1.47 bits per heavy atom. The average molecular weight is 226 g/mol. The van der Waals surface area contributed by atoms with Gasteiger partial charge in [-0.2, -0.15) is 0 Å². The van der Waals surface area contributed by atoms with Gasteiger partial charge in [-0.3, -0.25) is 0 Å². The molecule has 1 N–H and O–H groups in total. The summed E-state index contributed by atoms with van der Waals surface area (Å²) in [6.45, 7) is 8.33. The summed E-state index contributed by atoms with van der Waals surface area (Å²) in [5.41, 5.74) is 0.887. The minimum Gasteiger partial charge on any atom is -0.366 e. The molecule has 0 spiro atoms. The monoisotopic (exact) mass is 225 g/mol. The molecule has 82 valence electrons. The van der Waals surface area contributed by atoms with Crippen LogP contribution in [0.25, 0.3) is 0 Å². The van der Waals surface area contributed by atoms with Crippen molar-refractivity contribution in [2.75, 3.05) is 11.9 Å². The van der Waals surface area contributed by atoms with Gasteiger partial charge in [-0.15, -0.1) is 6.58 Å². The second-order valence-electron chi connectivity index (χ2n) is 3.32. The van der Waals surface area contributed by atoms with Crippen LogP contribution in [0.2, 0.25) is 5.15 Å². The van der Waals surface area contributed by atoms with Crippen LogP contribution in [-0.2, 0) is 6.42 Å². The zero-order valence-corrected chi connectivity index (χ0v) is 9.93. The minimum atomic E-state index is 0.528. The number of aromatic nitrogens is 2. The quantitative estimate of drug-likeness (QED) is 0.619. The molecule has 0 fully saturated rings. The summed E-state index contributed by atoms with van der Waals surface area (Å²) in [5.74, 6) is 1.60. The van der Waals surface area contributed by atoms with E-state index < -0.39 is 0 Å². The molecule has 0 bridgehead atoms. The van der Waals surface area contributed by atoms with Crippen molar-refractivity contribution in [3.8, 4) is 0 Å². The number of halogens is 1. The van der Waals surface area contributed by atoms with Crippen LogP contribution in [0.1, 0.15) is 24.7 Å². The van der Waals surface area contributed by atoms with Gasteiger partial charge in [-0.1, -0.05) is 24.6 Å². The number of nitrogens with one attached hydrogen (secondary N) is 1. The van der Waals surface area contributed by atoms with Crippen LogP contribution in [-0.4, -0.2) is 16.5 Å². The van der Waals surface area contributed by atoms with Gasteiger partial charge in [0.25, 0.3) is 0 Å². The summed E-state index contributed by atoms with van der Waals surface area (Å²) in [4.78, 5) is 8.63. The van der Waals surface area contributed by atoms with Crippen LogP contribution in [0.5, 0.6) is 0 Å². The summed E-state index contributed by atoms with van der Waals surface area (Å²) in [5, 5.41) is 3.68. The normalized spacial score (nSPS) is 10.1. The molecule has 0 aliphatic carbocycles. The third-order valence-electron chi connectivity index (χ3n) is 2.02. The van der Waals surface area contributed by atoms with E-state index in [1.807, 2.05) is 6.92 Å². The molecule has 0 amide bonds. The van der Waals surface area contributed by atoms with E-state index in [9.17, 15) is 0 Å². The number of hydrogen-bond acceptors (Lipinski definition) is 3. The Kier molecular flexibility index (Phi) is 4.56. The molecular formula is C11H16ClN3. The Hall–Kier alpha value is -1.09. The molecule has 3 nitrogen and oxygen atoms in total. The van der Waals surface area contributed by atoms with E-state index in [4.69, 9.17) is 11.6 Å². The molecule has 0 aliphatic rings. The highest BCUT2D eigenvalue weighted by molar-refractivity contribution is 6.30. The first-order valence-electron chi connectivity index (χ1n) is 5.06. The van der Waals surface area contributed by atoms with E-state index in [0.29, 0.717) is 11.7 Å². The molecule has 1 rings (SSSR count). The van der Waals surface area contributed by atoms with Crippen molar-refractivity contribution in [3.05, 3.63) is 29.2 Å². The number of hydrogen-bond donors (Lipinski definition) is 1. The van der Waals surface area contributed by atoms with Gasteiger partial charge in [0.1, 0.15) is 16.8 Å². The zero-order chi connectivity index (χ0) is 11.3. The summed E-state index contributed by atoms with van der Waals surface area (Å²) in [6.07, 6.45) is 3.65. The maximum absolute atomic E-state index is 6.02. The summed E-state index contributed by atoms with van der Waals surface area (Å²) in [6, 6.07) is 0. The molecule has 1 aromatic heterocycles. The van der Waals surface area contributed by atoms with Crippen molar-refractivity contribution >= 4 is 17.4 Å². The number of nitrogens with zero attached hydrogens (tertiary/aromatic N) is 2. The largest absolute Gasteiger partial charge is 0.366 e. The summed E-state index contributed by atoms with van der Waals surface area (Å²) in [7, 11) is 0. The Balaban J connectivity index is 2.95. The third-order valence-corrected chi connectivity index (χ3v) is 2.39. The highest BCUT2D eigenvalue weighted by Crippen LogP contribution is 2.20. The van der Waals surface area contributed by atoms with Crippen molar-refractivity contribution in [3.63, 3.8) is 0 Å². The van der Waals surface area contributed by atoms with E-state index in [1.54, 1.807) is 6.08 Å². The fourth-order valence-corrected chi connectivity index (χ4v) is 1.40. The molecule has 0 unspecified atom stereocenters. The number of anilines is 1. The predicted octanol–water partition coefficient (Wildman–Crippen LogP) is 2.99. The van der Waals surface area contributed by atoms with Crippen LogP contribution in [0.4, 0.5) is 5.82 Å². The number of rotatable bonds is 5. The highest BCUT2D eigenvalue weighted by atomic mass is 35.5. The smallest absolute Gasteiger partial charge is 0.137 e. The molecule has 1 heterocycles. The molecule has 0 aromatic carbocycles. The van der Waals surface area contributed by atoms with Crippen molar-refractivity contribution in [1.29, 1.82) is 0 Å². The third kappa shape index (κ3) is 3.20. The number of aryl methyl sites for hydroxylation is 1. The topological polar surface area (TPSA) is 37.8 Å². The summed E-state index contributed by atoms with van der Waals surface area (Å²) >= 11 is 6.02. The molecule has 4 heteroatoms. The first kappa shape index (κ1) is 12.0. The Morgan fingerprint density at radius 2 is 2.20 bits per heavy atom. The Labute approximate surface area is 95.6 Å². The van der Waals surface area contributed by atoms with Gasteiger partial charge in [0.2, 0.25) is 0 Å². The molecule has 0 saturated heterocycles. The van der Waals surface area contributed by atoms with Gasteiger partial charge in [0.15, 0.2) is 0 Å². The minimum absolute atomic E-state index is 0.528. The fraction of sp³-hybridized carbons (Fsp3) is 0.455. The van der Waals surface area contributed by atoms with Gasteiger partial charge in [0, 0.05) is 18.5 Å². The van der Waals surface area contributed by atoms with Crippen LogP contribution < -0.4 is 5.32 Å². The van der Waals surface area contributed by atoms with E-state index in [1.165, 1.54) is 0 Å². The van der Waals surface area contributed by atoms with Crippen molar-refractivity contribution < 1.29 is 0 Å². The SMILES string of the molecule is C=CCNc1nc(CCC)nc(Cl)c1C. The van der Waals surface area contributed by atoms with Crippen LogP contribution in [0, 0.1) is 6.92 Å². The van der Waals surface area contributed by atoms with Crippen LogP contribution in [0.3, 0.4) is 0 Å². The van der Waals surface area contributed by atoms with Crippen molar-refractivity contribution in [1.82, 2.24) is 9.97 Å². The molecule has 0 aliphatic heterocycles. The zero-order valence-electron chi connectivity index (χ0n) is 9.18.